The molecule has 0 aromatic rings. The predicted octanol–water partition coefficient (Wildman–Crippen LogP) is 0.384. The quantitative estimate of drug-likeness (QED) is 0.556. The number of hydrogen-bond donors (Lipinski definition) is 2. The molecular weight excluding hydrogens is 128 g/mol. The van der Waals surface area contributed by atoms with Crippen LogP contribution in [0, 0.1) is 17.8 Å². The van der Waals surface area contributed by atoms with Crippen LogP contribution in [0.5, 0.6) is 0 Å². The van der Waals surface area contributed by atoms with Crippen LogP contribution < -0.4 is 0 Å². The van der Waals surface area contributed by atoms with Crippen LogP contribution in [-0.4, -0.2) is 22.4 Å². The molecule has 58 valence electrons. The van der Waals surface area contributed by atoms with E-state index < -0.39 is 0 Å². The predicted molar refractivity (Wildman–Crippen MR) is 37.4 cm³/mol. The third kappa shape index (κ3) is 0.663. The maximum absolute atomic E-state index is 9.25. The molecule has 0 amide bonds. The van der Waals surface area contributed by atoms with E-state index in [0.717, 1.165) is 18.8 Å². The normalized spacial score (nSPS) is 54.3. The highest BCUT2D eigenvalue weighted by atomic mass is 16.3. The summed E-state index contributed by atoms with van der Waals surface area (Å²) < 4.78 is 0. The standard InChI is InChI=1S/C8H14O2/c1-4(9)6-2-5-3-7(10)8(5)6/h4-10H,2-3H2,1H3. The van der Waals surface area contributed by atoms with Crippen molar-refractivity contribution in [2.45, 2.75) is 32.0 Å². The lowest BCUT2D eigenvalue weighted by atomic mass is 9.50. The van der Waals surface area contributed by atoms with Gasteiger partial charge in [0.1, 0.15) is 0 Å². The van der Waals surface area contributed by atoms with Gasteiger partial charge in [-0.3, -0.25) is 0 Å². The average Bonchev–Trinajstić information content (AvgIpc) is 1.79. The third-order valence-corrected chi connectivity index (χ3v) is 3.22. The lowest BCUT2D eigenvalue weighted by Crippen LogP contribution is -2.57. The molecule has 2 heteroatoms. The number of aliphatic hydroxyl groups excluding tert-OH is 2. The number of fused-ring (bicyclic) bond motifs is 1. The highest BCUT2D eigenvalue weighted by molar-refractivity contribution is 5.03. The van der Waals surface area contributed by atoms with E-state index in [1.165, 1.54) is 0 Å². The van der Waals surface area contributed by atoms with E-state index in [1.807, 2.05) is 6.92 Å². The van der Waals surface area contributed by atoms with Crippen LogP contribution in [0.4, 0.5) is 0 Å². The zero-order valence-corrected chi connectivity index (χ0v) is 6.20. The first-order chi connectivity index (χ1) is 4.70. The Kier molecular flexibility index (Phi) is 1.29. The van der Waals surface area contributed by atoms with E-state index in [9.17, 15) is 10.2 Å². The molecule has 2 fully saturated rings. The minimum absolute atomic E-state index is 0.0988. The van der Waals surface area contributed by atoms with Crippen molar-refractivity contribution in [3.63, 3.8) is 0 Å². The topological polar surface area (TPSA) is 40.5 Å². The van der Waals surface area contributed by atoms with Gasteiger partial charge in [0.25, 0.3) is 0 Å². The van der Waals surface area contributed by atoms with E-state index in [0.29, 0.717) is 11.8 Å². The Hall–Kier alpha value is -0.0800. The second kappa shape index (κ2) is 1.95. The van der Waals surface area contributed by atoms with Crippen molar-refractivity contribution in [3.8, 4) is 0 Å². The molecular formula is C8H14O2. The van der Waals surface area contributed by atoms with Crippen molar-refractivity contribution in [1.82, 2.24) is 0 Å². The van der Waals surface area contributed by atoms with Crippen molar-refractivity contribution >= 4 is 0 Å². The molecule has 0 bridgehead atoms. The molecule has 5 atom stereocenters. The largest absolute Gasteiger partial charge is 0.393 e. The van der Waals surface area contributed by atoms with E-state index in [1.54, 1.807) is 0 Å². The fraction of sp³-hybridized carbons (Fsp3) is 1.00. The van der Waals surface area contributed by atoms with Gasteiger partial charge in [0.2, 0.25) is 0 Å². The smallest absolute Gasteiger partial charge is 0.0577 e. The van der Waals surface area contributed by atoms with Crippen molar-refractivity contribution in [3.05, 3.63) is 0 Å². The molecule has 0 aromatic carbocycles. The zero-order chi connectivity index (χ0) is 7.30. The molecule has 2 aliphatic carbocycles. The number of rotatable bonds is 1. The summed E-state index contributed by atoms with van der Waals surface area (Å²) >= 11 is 0. The Labute approximate surface area is 60.9 Å². The molecule has 0 aliphatic heterocycles. The van der Waals surface area contributed by atoms with Gasteiger partial charge in [0.05, 0.1) is 12.2 Å². The van der Waals surface area contributed by atoms with Gasteiger partial charge in [-0.25, -0.2) is 0 Å². The molecule has 0 heterocycles. The molecule has 5 unspecified atom stereocenters. The van der Waals surface area contributed by atoms with Crippen molar-refractivity contribution < 1.29 is 10.2 Å². The molecule has 2 N–H and O–H groups in total. The van der Waals surface area contributed by atoms with Crippen LogP contribution in [0.2, 0.25) is 0 Å². The third-order valence-electron chi connectivity index (χ3n) is 3.22. The van der Waals surface area contributed by atoms with Gasteiger partial charge in [-0.15, -0.1) is 0 Å². The summed E-state index contributed by atoms with van der Waals surface area (Å²) in [6.45, 7) is 1.83. The molecule has 0 radical (unpaired) electrons. The Bertz CT molecular complexity index is 135. The first-order valence-electron chi connectivity index (χ1n) is 4.06. The summed E-state index contributed by atoms with van der Waals surface area (Å²) in [5.74, 6) is 1.59. The monoisotopic (exact) mass is 142 g/mol. The SMILES string of the molecule is CC(O)C1CC2CC(O)C21. The molecule has 2 saturated carbocycles. The summed E-state index contributed by atoms with van der Waals surface area (Å²) in [4.78, 5) is 0. The lowest BCUT2D eigenvalue weighted by Gasteiger charge is -2.57. The van der Waals surface area contributed by atoms with Gasteiger partial charge in [-0.1, -0.05) is 0 Å². The second-order valence-electron chi connectivity index (χ2n) is 3.78. The van der Waals surface area contributed by atoms with Gasteiger partial charge in [0, 0.05) is 0 Å². The highest BCUT2D eigenvalue weighted by Crippen LogP contribution is 2.55. The van der Waals surface area contributed by atoms with Gasteiger partial charge in [0.15, 0.2) is 0 Å². The van der Waals surface area contributed by atoms with Gasteiger partial charge in [-0.05, 0) is 37.5 Å². The minimum atomic E-state index is -0.212. The maximum Gasteiger partial charge on any atom is 0.0577 e. The Morgan fingerprint density at radius 3 is 2.40 bits per heavy atom. The number of hydrogen-bond acceptors (Lipinski definition) is 2. The van der Waals surface area contributed by atoms with Crippen molar-refractivity contribution in [1.29, 1.82) is 0 Å². The van der Waals surface area contributed by atoms with Gasteiger partial charge in [-0.2, -0.15) is 0 Å². The fourth-order valence-corrected chi connectivity index (χ4v) is 2.46. The molecule has 10 heavy (non-hydrogen) atoms. The molecule has 2 rings (SSSR count). The van der Waals surface area contributed by atoms with E-state index in [-0.39, 0.29) is 12.2 Å². The van der Waals surface area contributed by atoms with Crippen LogP contribution in [0.1, 0.15) is 19.8 Å². The van der Waals surface area contributed by atoms with Crippen LogP contribution in [0.25, 0.3) is 0 Å². The van der Waals surface area contributed by atoms with Crippen molar-refractivity contribution in [2.24, 2.45) is 17.8 Å². The molecule has 0 aromatic heterocycles. The first kappa shape index (κ1) is 6.62. The van der Waals surface area contributed by atoms with Crippen LogP contribution in [0.3, 0.4) is 0 Å². The Morgan fingerprint density at radius 2 is 2.10 bits per heavy atom. The van der Waals surface area contributed by atoms with E-state index in [2.05, 4.69) is 0 Å². The summed E-state index contributed by atoms with van der Waals surface area (Å²) in [6, 6.07) is 0. The van der Waals surface area contributed by atoms with Crippen LogP contribution >= 0.6 is 0 Å². The molecule has 0 spiro atoms. The van der Waals surface area contributed by atoms with Gasteiger partial charge < -0.3 is 10.2 Å². The summed E-state index contributed by atoms with van der Waals surface area (Å²) in [5, 5.41) is 18.4. The van der Waals surface area contributed by atoms with E-state index in [4.69, 9.17) is 0 Å². The second-order valence-corrected chi connectivity index (χ2v) is 3.78. The van der Waals surface area contributed by atoms with Crippen LogP contribution in [0.15, 0.2) is 0 Å². The average molecular weight is 142 g/mol. The van der Waals surface area contributed by atoms with Gasteiger partial charge >= 0.3 is 0 Å². The first-order valence-corrected chi connectivity index (χ1v) is 4.06. The Balaban J connectivity index is 1.93. The molecule has 0 saturated heterocycles. The number of aliphatic hydroxyl groups is 2. The van der Waals surface area contributed by atoms with Crippen LogP contribution in [-0.2, 0) is 0 Å². The summed E-state index contributed by atoms with van der Waals surface area (Å²) in [7, 11) is 0. The summed E-state index contributed by atoms with van der Waals surface area (Å²) in [5.41, 5.74) is 0. The minimum Gasteiger partial charge on any atom is -0.393 e. The van der Waals surface area contributed by atoms with E-state index >= 15 is 0 Å². The summed E-state index contributed by atoms with van der Waals surface area (Å²) in [6.07, 6.45) is 1.81. The highest BCUT2D eigenvalue weighted by Gasteiger charge is 2.54. The van der Waals surface area contributed by atoms with Crippen molar-refractivity contribution in [2.75, 3.05) is 0 Å². The lowest BCUT2D eigenvalue weighted by molar-refractivity contribution is -0.170. The zero-order valence-electron chi connectivity index (χ0n) is 6.20. The Morgan fingerprint density at radius 1 is 1.40 bits per heavy atom. The molecule has 2 nitrogen and oxygen atoms in total. The fourth-order valence-electron chi connectivity index (χ4n) is 2.46. The molecule has 2 aliphatic rings. The maximum atomic E-state index is 9.25.